The largest absolute Gasteiger partial charge is 0.505 e. The van der Waals surface area contributed by atoms with E-state index in [2.05, 4.69) is 0 Å². The molecule has 3 rings (SSSR count). The molecule has 0 bridgehead atoms. The molecule has 116 valence electrons. The van der Waals surface area contributed by atoms with Crippen LogP contribution in [0.3, 0.4) is 0 Å². The smallest absolute Gasteiger partial charge is 0.358 e. The molecule has 1 saturated carbocycles. The van der Waals surface area contributed by atoms with Crippen LogP contribution in [0.1, 0.15) is 30.3 Å². The maximum Gasteiger partial charge on any atom is 0.358 e. The summed E-state index contributed by atoms with van der Waals surface area (Å²) in [5, 5.41) is 10.6. The van der Waals surface area contributed by atoms with Gasteiger partial charge in [0.05, 0.1) is 12.0 Å². The fourth-order valence-corrected chi connectivity index (χ4v) is 2.54. The molecule has 0 unspecified atom stereocenters. The third-order valence-electron chi connectivity index (χ3n) is 3.81. The Balaban J connectivity index is 2.29. The van der Waals surface area contributed by atoms with Crippen LogP contribution in [0.5, 0.6) is 5.75 Å². The summed E-state index contributed by atoms with van der Waals surface area (Å²) in [6.07, 6.45) is 1.94. The van der Waals surface area contributed by atoms with E-state index < -0.39 is 17.3 Å². The molecule has 0 spiro atoms. The normalized spacial score (nSPS) is 14.3. The zero-order valence-electron chi connectivity index (χ0n) is 12.1. The maximum atomic E-state index is 13.4. The Morgan fingerprint density at radius 3 is 2.77 bits per heavy atom. The zero-order chi connectivity index (χ0) is 15.9. The molecule has 1 aliphatic carbocycles. The van der Waals surface area contributed by atoms with Crippen molar-refractivity contribution >= 4 is 16.7 Å². The highest BCUT2D eigenvalue weighted by atomic mass is 19.1. The molecule has 1 heterocycles. The topological polar surface area (TPSA) is 68.5 Å². The van der Waals surface area contributed by atoms with Gasteiger partial charge >= 0.3 is 5.97 Å². The molecular formula is C16H16FNO4. The Morgan fingerprint density at radius 2 is 2.14 bits per heavy atom. The van der Waals surface area contributed by atoms with Crippen molar-refractivity contribution < 1.29 is 19.0 Å². The van der Waals surface area contributed by atoms with Crippen LogP contribution >= 0.6 is 0 Å². The fourth-order valence-electron chi connectivity index (χ4n) is 2.54. The second-order valence-corrected chi connectivity index (χ2v) is 5.47. The molecule has 22 heavy (non-hydrogen) atoms. The number of aromatic hydroxyl groups is 1. The van der Waals surface area contributed by atoms with Crippen LogP contribution in [0.15, 0.2) is 23.0 Å². The molecule has 6 heteroatoms. The van der Waals surface area contributed by atoms with Gasteiger partial charge in [-0.2, -0.15) is 0 Å². The average molecular weight is 305 g/mol. The number of carbonyl (C=O) groups is 1. The minimum atomic E-state index is -0.746. The monoisotopic (exact) mass is 305 g/mol. The molecule has 1 aromatic heterocycles. The number of pyridine rings is 1. The lowest BCUT2D eigenvalue weighted by molar-refractivity contribution is 0.0508. The van der Waals surface area contributed by atoms with Crippen molar-refractivity contribution in [1.29, 1.82) is 0 Å². The van der Waals surface area contributed by atoms with E-state index >= 15 is 0 Å². The molecule has 0 atom stereocenters. The third-order valence-corrected chi connectivity index (χ3v) is 3.81. The van der Waals surface area contributed by atoms with E-state index in [0.29, 0.717) is 12.5 Å². The summed E-state index contributed by atoms with van der Waals surface area (Å²) in [7, 11) is 0. The van der Waals surface area contributed by atoms with Gasteiger partial charge in [0.25, 0.3) is 5.56 Å². The van der Waals surface area contributed by atoms with Gasteiger partial charge in [-0.25, -0.2) is 9.18 Å². The Labute approximate surface area is 125 Å². The van der Waals surface area contributed by atoms with Crippen molar-refractivity contribution in [1.82, 2.24) is 4.57 Å². The molecular weight excluding hydrogens is 289 g/mol. The molecule has 5 nitrogen and oxygen atoms in total. The van der Waals surface area contributed by atoms with Crippen LogP contribution in [-0.2, 0) is 11.3 Å². The van der Waals surface area contributed by atoms with Gasteiger partial charge in [0, 0.05) is 11.9 Å². The van der Waals surface area contributed by atoms with E-state index in [0.717, 1.165) is 25.0 Å². The van der Waals surface area contributed by atoms with Crippen molar-refractivity contribution in [2.75, 3.05) is 6.61 Å². The Hall–Kier alpha value is -2.37. The van der Waals surface area contributed by atoms with Crippen molar-refractivity contribution in [2.45, 2.75) is 26.3 Å². The molecule has 0 radical (unpaired) electrons. The minimum Gasteiger partial charge on any atom is -0.505 e. The molecule has 2 aromatic rings. The standard InChI is InChI=1S/C16H16FNO4/c1-2-22-16(21)13-14(19)11-6-5-10(17)7-12(11)15(20)18(13)8-9-3-4-9/h5-7,9,19H,2-4,8H2,1H3. The molecule has 1 aromatic carbocycles. The van der Waals surface area contributed by atoms with Crippen molar-refractivity contribution in [3.8, 4) is 5.75 Å². The number of nitrogens with zero attached hydrogens (tertiary/aromatic N) is 1. The van der Waals surface area contributed by atoms with Crippen LogP contribution in [-0.4, -0.2) is 22.2 Å². The van der Waals surface area contributed by atoms with Crippen molar-refractivity contribution in [2.24, 2.45) is 5.92 Å². The van der Waals surface area contributed by atoms with Gasteiger partial charge in [-0.05, 0) is 43.9 Å². The minimum absolute atomic E-state index is 0.0613. The van der Waals surface area contributed by atoms with Crippen LogP contribution < -0.4 is 5.56 Å². The number of rotatable bonds is 4. The first-order valence-electron chi connectivity index (χ1n) is 7.25. The fraction of sp³-hybridized carbons (Fsp3) is 0.375. The number of benzene rings is 1. The van der Waals surface area contributed by atoms with E-state index in [-0.39, 0.29) is 28.8 Å². The SMILES string of the molecule is CCOC(=O)c1c(O)c2ccc(F)cc2c(=O)n1CC1CC1. The van der Waals surface area contributed by atoms with Crippen molar-refractivity contribution in [3.05, 3.63) is 40.1 Å². The first-order chi connectivity index (χ1) is 10.5. The molecule has 0 aliphatic heterocycles. The first kappa shape index (κ1) is 14.6. The van der Waals surface area contributed by atoms with E-state index in [1.807, 2.05) is 0 Å². The maximum absolute atomic E-state index is 13.4. The van der Waals surface area contributed by atoms with Crippen LogP contribution in [0.25, 0.3) is 10.8 Å². The highest BCUT2D eigenvalue weighted by Crippen LogP contribution is 2.33. The summed E-state index contributed by atoms with van der Waals surface area (Å²) in [5.41, 5.74) is -0.639. The predicted octanol–water partition coefficient (Wildman–Crippen LogP) is 2.43. The molecule has 1 aliphatic rings. The number of hydrogen-bond acceptors (Lipinski definition) is 4. The average Bonchev–Trinajstić information content (AvgIpc) is 3.28. The lowest BCUT2D eigenvalue weighted by atomic mass is 10.1. The van der Waals surface area contributed by atoms with E-state index in [9.17, 15) is 19.1 Å². The number of fused-ring (bicyclic) bond motifs is 1. The Bertz CT molecular complexity index is 808. The lowest BCUT2D eigenvalue weighted by Crippen LogP contribution is -2.28. The van der Waals surface area contributed by atoms with Crippen LogP contribution in [0.4, 0.5) is 4.39 Å². The lowest BCUT2D eigenvalue weighted by Gasteiger charge is -2.15. The van der Waals surface area contributed by atoms with E-state index in [4.69, 9.17) is 4.74 Å². The highest BCUT2D eigenvalue weighted by molar-refractivity contribution is 5.99. The molecule has 0 amide bonds. The zero-order valence-corrected chi connectivity index (χ0v) is 12.1. The quantitative estimate of drug-likeness (QED) is 0.881. The summed E-state index contributed by atoms with van der Waals surface area (Å²) in [5.74, 6) is -1.35. The Kier molecular flexibility index (Phi) is 3.60. The molecule has 1 N–H and O–H groups in total. The number of carbonyl (C=O) groups excluding carboxylic acids is 1. The van der Waals surface area contributed by atoms with E-state index in [1.165, 1.54) is 10.6 Å². The van der Waals surface area contributed by atoms with Crippen LogP contribution in [0.2, 0.25) is 0 Å². The second-order valence-electron chi connectivity index (χ2n) is 5.47. The van der Waals surface area contributed by atoms with Gasteiger partial charge in [0.1, 0.15) is 5.82 Å². The van der Waals surface area contributed by atoms with Gasteiger partial charge in [0.2, 0.25) is 0 Å². The van der Waals surface area contributed by atoms with Gasteiger partial charge in [-0.15, -0.1) is 0 Å². The van der Waals surface area contributed by atoms with Gasteiger partial charge in [-0.1, -0.05) is 0 Å². The van der Waals surface area contributed by atoms with Crippen molar-refractivity contribution in [3.63, 3.8) is 0 Å². The van der Waals surface area contributed by atoms with Gasteiger partial charge in [0.15, 0.2) is 11.4 Å². The number of hydrogen-bond donors (Lipinski definition) is 1. The summed E-state index contributed by atoms with van der Waals surface area (Å²) in [4.78, 5) is 24.7. The number of halogens is 1. The van der Waals surface area contributed by atoms with Gasteiger partial charge < -0.3 is 9.84 Å². The highest BCUT2D eigenvalue weighted by Gasteiger charge is 2.28. The second kappa shape index (κ2) is 5.44. The summed E-state index contributed by atoms with van der Waals surface area (Å²) in [6, 6.07) is 3.52. The van der Waals surface area contributed by atoms with E-state index in [1.54, 1.807) is 6.92 Å². The predicted molar refractivity (Wildman–Crippen MR) is 78.5 cm³/mol. The summed E-state index contributed by atoms with van der Waals surface area (Å²) >= 11 is 0. The summed E-state index contributed by atoms with van der Waals surface area (Å²) in [6.45, 7) is 2.11. The number of ether oxygens (including phenoxy) is 1. The number of aromatic nitrogens is 1. The molecule has 1 fully saturated rings. The molecule has 0 saturated heterocycles. The third kappa shape index (κ3) is 2.45. The Morgan fingerprint density at radius 1 is 1.41 bits per heavy atom. The van der Waals surface area contributed by atoms with Gasteiger partial charge in [-0.3, -0.25) is 9.36 Å². The van der Waals surface area contributed by atoms with Crippen LogP contribution in [0, 0.1) is 11.7 Å². The number of esters is 1. The summed E-state index contributed by atoms with van der Waals surface area (Å²) < 4.78 is 19.6. The first-order valence-corrected chi connectivity index (χ1v) is 7.25.